The molecule has 0 saturated carbocycles. The maximum absolute atomic E-state index is 13.4. The molecular formula is C25H31FN4O3. The van der Waals surface area contributed by atoms with Crippen molar-refractivity contribution < 1.29 is 18.7 Å². The molecule has 33 heavy (non-hydrogen) atoms. The molecule has 1 atom stereocenters. The zero-order valence-electron chi connectivity index (χ0n) is 19.2. The van der Waals surface area contributed by atoms with Crippen LogP contribution in [0.5, 0.6) is 0 Å². The third-order valence-electron chi connectivity index (χ3n) is 6.74. The second-order valence-corrected chi connectivity index (χ2v) is 8.91. The van der Waals surface area contributed by atoms with E-state index >= 15 is 0 Å². The quantitative estimate of drug-likeness (QED) is 0.700. The molecule has 4 rings (SSSR count). The van der Waals surface area contributed by atoms with E-state index in [0.717, 1.165) is 43.9 Å². The highest BCUT2D eigenvalue weighted by molar-refractivity contribution is 5.95. The highest BCUT2D eigenvalue weighted by atomic mass is 19.1. The van der Waals surface area contributed by atoms with Gasteiger partial charge in [-0.2, -0.15) is 0 Å². The number of hydrogen-bond donors (Lipinski definition) is 2. The summed E-state index contributed by atoms with van der Waals surface area (Å²) in [6.07, 6.45) is 0.922. The number of amides is 3. The Hall–Kier alpha value is -2.97. The number of carbonyl (C=O) groups excluding carboxylic acids is 2. The fourth-order valence-corrected chi connectivity index (χ4v) is 4.35. The first kappa shape index (κ1) is 23.2. The maximum Gasteiger partial charge on any atom is 0.322 e. The third kappa shape index (κ3) is 5.34. The fraction of sp³-hybridized carbons (Fsp3) is 0.440. The van der Waals surface area contributed by atoms with Gasteiger partial charge in [-0.15, -0.1) is 0 Å². The molecule has 2 aliphatic heterocycles. The highest BCUT2D eigenvalue weighted by Gasteiger charge is 2.31. The average molecular weight is 455 g/mol. The standard InChI is InChI=1S/C25H31FN4O3/c1-3-25(2,30-10-12-33-13-11-30)17-27-23(31)18-5-8-22(9-6-18)28-24(32)29-15-19-4-7-21(26)14-20(19)16-29/h4-9,14H,3,10-13,15-17H2,1-2H3,(H,27,31)(H,28,32). The Morgan fingerprint density at radius 3 is 2.45 bits per heavy atom. The summed E-state index contributed by atoms with van der Waals surface area (Å²) < 4.78 is 18.9. The number of urea groups is 1. The number of carbonyl (C=O) groups is 2. The van der Waals surface area contributed by atoms with Gasteiger partial charge in [-0.3, -0.25) is 9.69 Å². The van der Waals surface area contributed by atoms with Crippen molar-refractivity contribution in [3.63, 3.8) is 0 Å². The van der Waals surface area contributed by atoms with Crippen LogP contribution in [0.15, 0.2) is 42.5 Å². The largest absolute Gasteiger partial charge is 0.379 e. The van der Waals surface area contributed by atoms with Crippen molar-refractivity contribution in [1.29, 1.82) is 0 Å². The van der Waals surface area contributed by atoms with Crippen LogP contribution >= 0.6 is 0 Å². The first-order valence-corrected chi connectivity index (χ1v) is 11.4. The average Bonchev–Trinajstić information content (AvgIpc) is 3.27. The van der Waals surface area contributed by atoms with E-state index in [1.165, 1.54) is 12.1 Å². The summed E-state index contributed by atoms with van der Waals surface area (Å²) in [5.41, 5.74) is 2.80. The minimum Gasteiger partial charge on any atom is -0.379 e. The molecule has 0 aromatic heterocycles. The van der Waals surface area contributed by atoms with Crippen molar-refractivity contribution in [2.24, 2.45) is 0 Å². The Bertz CT molecular complexity index is 1010. The number of nitrogens with zero attached hydrogens (tertiary/aromatic N) is 2. The molecule has 2 aromatic rings. The molecule has 0 radical (unpaired) electrons. The van der Waals surface area contributed by atoms with Crippen LogP contribution in [0.1, 0.15) is 41.8 Å². The van der Waals surface area contributed by atoms with Gasteiger partial charge in [0.25, 0.3) is 5.91 Å². The second kappa shape index (κ2) is 9.89. The molecule has 3 amide bonds. The van der Waals surface area contributed by atoms with E-state index in [4.69, 9.17) is 4.74 Å². The van der Waals surface area contributed by atoms with E-state index in [0.29, 0.717) is 30.9 Å². The second-order valence-electron chi connectivity index (χ2n) is 8.91. The number of ether oxygens (including phenoxy) is 1. The topological polar surface area (TPSA) is 73.9 Å². The monoisotopic (exact) mass is 454 g/mol. The minimum absolute atomic E-state index is 0.121. The van der Waals surface area contributed by atoms with Gasteiger partial charge < -0.3 is 20.3 Å². The summed E-state index contributed by atoms with van der Waals surface area (Å²) >= 11 is 0. The number of anilines is 1. The van der Waals surface area contributed by atoms with Crippen molar-refractivity contribution in [1.82, 2.24) is 15.1 Å². The van der Waals surface area contributed by atoms with E-state index in [-0.39, 0.29) is 23.3 Å². The van der Waals surface area contributed by atoms with Crippen LogP contribution in [0.4, 0.5) is 14.9 Å². The predicted molar refractivity (Wildman–Crippen MR) is 125 cm³/mol. The van der Waals surface area contributed by atoms with Crippen LogP contribution in [-0.2, 0) is 17.8 Å². The van der Waals surface area contributed by atoms with Crippen molar-refractivity contribution in [3.8, 4) is 0 Å². The smallest absolute Gasteiger partial charge is 0.322 e. The van der Waals surface area contributed by atoms with Gasteiger partial charge in [-0.05, 0) is 60.9 Å². The summed E-state index contributed by atoms with van der Waals surface area (Å²) in [5.74, 6) is -0.438. The Morgan fingerprint density at radius 1 is 1.06 bits per heavy atom. The van der Waals surface area contributed by atoms with Crippen LogP contribution in [0, 0.1) is 5.82 Å². The van der Waals surface area contributed by atoms with Crippen LogP contribution in [0.2, 0.25) is 0 Å². The van der Waals surface area contributed by atoms with Crippen LogP contribution in [-0.4, -0.2) is 60.1 Å². The van der Waals surface area contributed by atoms with Gasteiger partial charge in [-0.25, -0.2) is 9.18 Å². The first-order valence-electron chi connectivity index (χ1n) is 11.4. The predicted octanol–water partition coefficient (Wildman–Crippen LogP) is 3.60. The van der Waals surface area contributed by atoms with Gasteiger partial charge in [-0.1, -0.05) is 13.0 Å². The van der Waals surface area contributed by atoms with Gasteiger partial charge in [0.1, 0.15) is 5.82 Å². The Kier molecular flexibility index (Phi) is 6.95. The molecule has 2 aliphatic rings. The molecule has 1 saturated heterocycles. The molecule has 1 unspecified atom stereocenters. The zero-order valence-corrected chi connectivity index (χ0v) is 19.2. The van der Waals surface area contributed by atoms with Crippen molar-refractivity contribution in [2.75, 3.05) is 38.2 Å². The van der Waals surface area contributed by atoms with Crippen molar-refractivity contribution in [3.05, 3.63) is 65.0 Å². The molecule has 8 heteroatoms. The number of nitrogens with one attached hydrogen (secondary N) is 2. The number of halogens is 1. The highest BCUT2D eigenvalue weighted by Crippen LogP contribution is 2.24. The van der Waals surface area contributed by atoms with Gasteiger partial charge in [0, 0.05) is 49.5 Å². The number of benzene rings is 2. The van der Waals surface area contributed by atoms with E-state index in [9.17, 15) is 14.0 Å². The maximum atomic E-state index is 13.4. The molecular weight excluding hydrogens is 423 g/mol. The van der Waals surface area contributed by atoms with Crippen molar-refractivity contribution in [2.45, 2.75) is 38.9 Å². The minimum atomic E-state index is -0.297. The lowest BCUT2D eigenvalue weighted by atomic mass is 9.95. The molecule has 0 bridgehead atoms. The van der Waals surface area contributed by atoms with Crippen LogP contribution < -0.4 is 10.6 Å². The summed E-state index contributed by atoms with van der Waals surface area (Å²) in [5, 5.41) is 5.91. The number of hydrogen-bond acceptors (Lipinski definition) is 4. The number of morpholine rings is 1. The molecule has 2 N–H and O–H groups in total. The third-order valence-corrected chi connectivity index (χ3v) is 6.74. The fourth-order valence-electron chi connectivity index (χ4n) is 4.35. The molecule has 7 nitrogen and oxygen atoms in total. The van der Waals surface area contributed by atoms with E-state index in [1.54, 1.807) is 35.2 Å². The molecule has 0 spiro atoms. The zero-order chi connectivity index (χ0) is 23.4. The molecule has 176 valence electrons. The summed E-state index contributed by atoms with van der Waals surface area (Å²) in [6.45, 7) is 8.85. The van der Waals surface area contributed by atoms with E-state index in [1.807, 2.05) is 0 Å². The Balaban J connectivity index is 1.30. The van der Waals surface area contributed by atoms with Crippen LogP contribution in [0.3, 0.4) is 0 Å². The van der Waals surface area contributed by atoms with Crippen LogP contribution in [0.25, 0.3) is 0 Å². The molecule has 2 aromatic carbocycles. The van der Waals surface area contributed by atoms with Gasteiger partial charge in [0.2, 0.25) is 0 Å². The molecule has 1 fully saturated rings. The summed E-state index contributed by atoms with van der Waals surface area (Å²) in [4.78, 5) is 29.3. The lowest BCUT2D eigenvalue weighted by Gasteiger charge is -2.43. The summed E-state index contributed by atoms with van der Waals surface area (Å²) in [6, 6.07) is 11.2. The number of fused-ring (bicyclic) bond motifs is 1. The van der Waals surface area contributed by atoms with Gasteiger partial charge >= 0.3 is 6.03 Å². The van der Waals surface area contributed by atoms with Gasteiger partial charge in [0.05, 0.1) is 13.2 Å². The van der Waals surface area contributed by atoms with E-state index < -0.39 is 0 Å². The number of rotatable bonds is 6. The lowest BCUT2D eigenvalue weighted by molar-refractivity contribution is -0.0169. The Morgan fingerprint density at radius 2 is 1.76 bits per heavy atom. The summed E-state index contributed by atoms with van der Waals surface area (Å²) in [7, 11) is 0. The Labute approximate surface area is 193 Å². The molecule has 2 heterocycles. The normalized spacial score (nSPS) is 17.8. The van der Waals surface area contributed by atoms with Crippen molar-refractivity contribution >= 4 is 17.6 Å². The SMILES string of the molecule is CCC(C)(CNC(=O)c1ccc(NC(=O)N2Cc3ccc(F)cc3C2)cc1)N1CCOCC1. The lowest BCUT2D eigenvalue weighted by Crippen LogP contribution is -2.56. The first-order chi connectivity index (χ1) is 15.9. The van der Waals surface area contributed by atoms with Gasteiger partial charge in [0.15, 0.2) is 0 Å². The molecule has 0 aliphatic carbocycles. The van der Waals surface area contributed by atoms with E-state index in [2.05, 4.69) is 29.4 Å².